The number of benzene rings is 1. The van der Waals surface area contributed by atoms with E-state index in [-0.39, 0.29) is 18.5 Å². The van der Waals surface area contributed by atoms with Crippen molar-refractivity contribution in [1.82, 2.24) is 10.2 Å². The lowest BCUT2D eigenvalue weighted by Gasteiger charge is -2.35. The minimum absolute atomic E-state index is 0.0556. The van der Waals surface area contributed by atoms with Gasteiger partial charge < -0.3 is 15.2 Å². The largest absolute Gasteiger partial charge is 0.497 e. The third-order valence-electron chi connectivity index (χ3n) is 3.56. The summed E-state index contributed by atoms with van der Waals surface area (Å²) in [7, 11) is 1.52. The Morgan fingerprint density at radius 2 is 2.16 bits per heavy atom. The molecule has 106 valence electrons. The van der Waals surface area contributed by atoms with Gasteiger partial charge in [0.1, 0.15) is 11.6 Å². The zero-order valence-electron chi connectivity index (χ0n) is 11.2. The Morgan fingerprint density at radius 1 is 1.42 bits per heavy atom. The zero-order valence-corrected chi connectivity index (χ0v) is 11.2. The molecule has 1 aromatic rings. The maximum Gasteiger partial charge on any atom is 0.131 e. The van der Waals surface area contributed by atoms with E-state index < -0.39 is 0 Å². The van der Waals surface area contributed by atoms with Gasteiger partial charge in [-0.15, -0.1) is 0 Å². The molecular formula is C14H21FN2O2. The molecule has 1 saturated heterocycles. The van der Waals surface area contributed by atoms with Crippen LogP contribution in [0, 0.1) is 5.82 Å². The van der Waals surface area contributed by atoms with Gasteiger partial charge in [-0.2, -0.15) is 0 Å². The summed E-state index contributed by atoms with van der Waals surface area (Å²) in [4.78, 5) is 2.22. The van der Waals surface area contributed by atoms with E-state index in [1.807, 2.05) is 0 Å². The number of nitrogens with zero attached hydrogens (tertiary/aromatic N) is 1. The second kappa shape index (κ2) is 6.84. The second-order valence-electron chi connectivity index (χ2n) is 4.70. The Labute approximate surface area is 113 Å². The molecule has 0 unspecified atom stereocenters. The number of nitrogens with one attached hydrogen (secondary N) is 1. The monoisotopic (exact) mass is 268 g/mol. The summed E-state index contributed by atoms with van der Waals surface area (Å²) in [6, 6.07) is 4.86. The summed E-state index contributed by atoms with van der Waals surface area (Å²) in [6.45, 7) is 3.60. The van der Waals surface area contributed by atoms with E-state index in [1.165, 1.54) is 13.2 Å². The van der Waals surface area contributed by atoms with Crippen LogP contribution in [-0.4, -0.2) is 49.9 Å². The molecule has 1 aromatic carbocycles. The van der Waals surface area contributed by atoms with Crippen molar-refractivity contribution < 1.29 is 14.2 Å². The molecule has 1 atom stereocenters. The Kier molecular flexibility index (Phi) is 5.13. The first-order chi connectivity index (χ1) is 9.26. The van der Waals surface area contributed by atoms with Crippen molar-refractivity contribution in [3.8, 4) is 5.75 Å². The standard InChI is InChI=1S/C14H21FN2O2/c1-19-11-2-3-12(13(15)10-11)14(4-9-18)17-7-5-16-6-8-17/h2-3,10,14,16,18H,4-9H2,1H3/t14-/m0/s1. The Morgan fingerprint density at radius 3 is 2.74 bits per heavy atom. The van der Waals surface area contributed by atoms with Gasteiger partial charge in [-0.25, -0.2) is 4.39 Å². The highest BCUT2D eigenvalue weighted by Crippen LogP contribution is 2.28. The van der Waals surface area contributed by atoms with Gasteiger partial charge in [-0.05, 0) is 12.5 Å². The molecule has 2 rings (SSSR count). The fourth-order valence-electron chi connectivity index (χ4n) is 2.56. The molecule has 0 aromatic heterocycles. The molecule has 0 amide bonds. The van der Waals surface area contributed by atoms with Crippen LogP contribution in [-0.2, 0) is 0 Å². The van der Waals surface area contributed by atoms with Gasteiger partial charge in [0.05, 0.1) is 7.11 Å². The fourth-order valence-corrected chi connectivity index (χ4v) is 2.56. The maximum absolute atomic E-state index is 14.2. The normalized spacial score (nSPS) is 18.3. The van der Waals surface area contributed by atoms with Gasteiger partial charge in [-0.1, -0.05) is 6.07 Å². The molecule has 0 bridgehead atoms. The molecule has 19 heavy (non-hydrogen) atoms. The van der Waals surface area contributed by atoms with E-state index >= 15 is 0 Å². The minimum Gasteiger partial charge on any atom is -0.497 e. The summed E-state index contributed by atoms with van der Waals surface area (Å²) in [5, 5.41) is 12.5. The van der Waals surface area contributed by atoms with Crippen LogP contribution in [0.2, 0.25) is 0 Å². The first-order valence-corrected chi connectivity index (χ1v) is 6.65. The number of piperazine rings is 1. The van der Waals surface area contributed by atoms with Crippen LogP contribution in [0.3, 0.4) is 0 Å². The average molecular weight is 268 g/mol. The van der Waals surface area contributed by atoms with Crippen LogP contribution >= 0.6 is 0 Å². The molecule has 0 aliphatic carbocycles. The molecule has 0 radical (unpaired) electrons. The van der Waals surface area contributed by atoms with Crippen LogP contribution in [0.4, 0.5) is 4.39 Å². The van der Waals surface area contributed by atoms with Crippen LogP contribution in [0.15, 0.2) is 18.2 Å². The lowest BCUT2D eigenvalue weighted by Crippen LogP contribution is -2.45. The number of hydrogen-bond donors (Lipinski definition) is 2. The van der Waals surface area contributed by atoms with Gasteiger partial charge in [0.2, 0.25) is 0 Å². The Bertz CT molecular complexity index is 408. The summed E-state index contributed by atoms with van der Waals surface area (Å²) >= 11 is 0. The summed E-state index contributed by atoms with van der Waals surface area (Å²) in [5.41, 5.74) is 0.636. The number of rotatable bonds is 5. The van der Waals surface area contributed by atoms with E-state index in [9.17, 15) is 9.50 Å². The smallest absolute Gasteiger partial charge is 0.131 e. The summed E-state index contributed by atoms with van der Waals surface area (Å²) in [6.07, 6.45) is 0.545. The van der Waals surface area contributed by atoms with Crippen molar-refractivity contribution in [2.24, 2.45) is 0 Å². The lowest BCUT2D eigenvalue weighted by molar-refractivity contribution is 0.138. The van der Waals surface area contributed by atoms with E-state index in [0.717, 1.165) is 26.2 Å². The number of aliphatic hydroxyl groups excluding tert-OH is 1. The third-order valence-corrected chi connectivity index (χ3v) is 3.56. The predicted molar refractivity (Wildman–Crippen MR) is 71.8 cm³/mol. The van der Waals surface area contributed by atoms with Crippen molar-refractivity contribution in [3.63, 3.8) is 0 Å². The van der Waals surface area contributed by atoms with Crippen LogP contribution < -0.4 is 10.1 Å². The van der Waals surface area contributed by atoms with E-state index in [2.05, 4.69) is 10.2 Å². The molecule has 4 nitrogen and oxygen atoms in total. The predicted octanol–water partition coefficient (Wildman–Crippen LogP) is 1.16. The molecule has 0 spiro atoms. The van der Waals surface area contributed by atoms with Crippen LogP contribution in [0.5, 0.6) is 5.75 Å². The molecule has 1 aliphatic heterocycles. The first-order valence-electron chi connectivity index (χ1n) is 6.65. The van der Waals surface area contributed by atoms with Crippen molar-refractivity contribution in [3.05, 3.63) is 29.6 Å². The van der Waals surface area contributed by atoms with Crippen LogP contribution in [0.25, 0.3) is 0 Å². The highest BCUT2D eigenvalue weighted by Gasteiger charge is 2.24. The minimum atomic E-state index is -0.267. The number of ether oxygens (including phenoxy) is 1. The van der Waals surface area contributed by atoms with Crippen molar-refractivity contribution in [2.75, 3.05) is 39.9 Å². The molecule has 1 aliphatic rings. The van der Waals surface area contributed by atoms with Gasteiger partial charge >= 0.3 is 0 Å². The van der Waals surface area contributed by atoms with E-state index in [0.29, 0.717) is 17.7 Å². The van der Waals surface area contributed by atoms with Crippen molar-refractivity contribution in [2.45, 2.75) is 12.5 Å². The fraction of sp³-hybridized carbons (Fsp3) is 0.571. The van der Waals surface area contributed by atoms with Crippen molar-refractivity contribution >= 4 is 0 Å². The molecule has 0 saturated carbocycles. The van der Waals surface area contributed by atoms with Crippen molar-refractivity contribution in [1.29, 1.82) is 0 Å². The molecule has 5 heteroatoms. The van der Waals surface area contributed by atoms with E-state index in [4.69, 9.17) is 4.74 Å². The highest BCUT2D eigenvalue weighted by atomic mass is 19.1. The average Bonchev–Trinajstić information content (AvgIpc) is 2.46. The topological polar surface area (TPSA) is 44.7 Å². The Balaban J connectivity index is 2.22. The maximum atomic E-state index is 14.2. The lowest BCUT2D eigenvalue weighted by atomic mass is 10.0. The number of hydrogen-bond acceptors (Lipinski definition) is 4. The SMILES string of the molecule is COc1ccc([C@H](CCO)N2CCNCC2)c(F)c1. The molecule has 1 fully saturated rings. The third kappa shape index (κ3) is 3.43. The summed E-state index contributed by atoms with van der Waals surface area (Å²) in [5.74, 6) is 0.251. The summed E-state index contributed by atoms with van der Waals surface area (Å²) < 4.78 is 19.2. The van der Waals surface area contributed by atoms with E-state index in [1.54, 1.807) is 12.1 Å². The van der Waals surface area contributed by atoms with Gasteiger partial charge in [0.25, 0.3) is 0 Å². The van der Waals surface area contributed by atoms with Gasteiger partial charge in [0.15, 0.2) is 0 Å². The quantitative estimate of drug-likeness (QED) is 0.841. The molecule has 2 N–H and O–H groups in total. The molecular weight excluding hydrogens is 247 g/mol. The highest BCUT2D eigenvalue weighted by molar-refractivity contribution is 5.31. The van der Waals surface area contributed by atoms with Gasteiger partial charge in [-0.3, -0.25) is 4.90 Å². The molecule has 1 heterocycles. The Hall–Kier alpha value is -1.17. The number of halogens is 1. The zero-order chi connectivity index (χ0) is 13.7. The number of aliphatic hydroxyl groups is 1. The second-order valence-corrected chi connectivity index (χ2v) is 4.70. The van der Waals surface area contributed by atoms with Crippen LogP contribution in [0.1, 0.15) is 18.0 Å². The van der Waals surface area contributed by atoms with Gasteiger partial charge in [0, 0.05) is 50.5 Å². The number of methoxy groups -OCH3 is 1. The first kappa shape index (κ1) is 14.2.